The summed E-state index contributed by atoms with van der Waals surface area (Å²) in [7, 11) is -1.84. The molecule has 4 nitrogen and oxygen atoms in total. The Morgan fingerprint density at radius 2 is 2.20 bits per heavy atom. The average molecular weight is 211 g/mol. The lowest BCUT2D eigenvalue weighted by atomic mass is 9.80. The number of hydrogen-bond donors (Lipinski definition) is 2. The van der Waals surface area contributed by atoms with Crippen molar-refractivity contribution in [2.24, 2.45) is 0 Å². The van der Waals surface area contributed by atoms with Gasteiger partial charge in [0.1, 0.15) is 11.9 Å². The Hall–Kier alpha value is -1.14. The fourth-order valence-electron chi connectivity index (χ4n) is 1.36. The average Bonchev–Trinajstić information content (AvgIpc) is 2.13. The summed E-state index contributed by atoms with van der Waals surface area (Å²) >= 11 is 0. The summed E-state index contributed by atoms with van der Waals surface area (Å²) in [6.07, 6.45) is 4.13. The zero-order valence-electron chi connectivity index (χ0n) is 8.06. The van der Waals surface area contributed by atoms with Crippen molar-refractivity contribution in [2.75, 3.05) is 0 Å². The van der Waals surface area contributed by atoms with Gasteiger partial charge in [-0.15, -0.1) is 0 Å². The molecule has 1 fully saturated rings. The molecule has 1 heterocycles. The second kappa shape index (κ2) is 4.16. The van der Waals surface area contributed by atoms with Crippen molar-refractivity contribution in [3.05, 3.63) is 18.1 Å². The summed E-state index contributed by atoms with van der Waals surface area (Å²) in [5.74, 6) is -0.504. The Bertz CT molecular complexity index is 357. The molecule has 0 aromatic carbocycles. The molecule has 0 unspecified atom stereocenters. The maximum Gasteiger partial charge on any atom is 0.491 e. The van der Waals surface area contributed by atoms with Crippen molar-refractivity contribution in [3.8, 4) is 5.88 Å². The molecule has 1 saturated carbocycles. The molecule has 0 saturated heterocycles. The van der Waals surface area contributed by atoms with Crippen LogP contribution >= 0.6 is 0 Å². The lowest BCUT2D eigenvalue weighted by Gasteiger charge is -2.25. The summed E-state index contributed by atoms with van der Waals surface area (Å²) in [5.41, 5.74) is -0.209. The summed E-state index contributed by atoms with van der Waals surface area (Å²) in [5, 5.41) is 17.7. The Morgan fingerprint density at radius 1 is 1.47 bits per heavy atom. The third-order valence-corrected chi connectivity index (χ3v) is 2.48. The van der Waals surface area contributed by atoms with Crippen LogP contribution in [-0.2, 0) is 0 Å². The molecule has 0 radical (unpaired) electrons. The zero-order valence-corrected chi connectivity index (χ0v) is 8.06. The highest BCUT2D eigenvalue weighted by Crippen LogP contribution is 2.23. The molecule has 2 rings (SSSR count). The van der Waals surface area contributed by atoms with Gasteiger partial charge in [0, 0.05) is 11.5 Å². The number of pyridine rings is 1. The van der Waals surface area contributed by atoms with Gasteiger partial charge in [0.2, 0.25) is 5.88 Å². The van der Waals surface area contributed by atoms with Crippen molar-refractivity contribution in [1.82, 2.24) is 4.98 Å². The number of hydrogen-bond acceptors (Lipinski definition) is 4. The molecule has 0 aliphatic heterocycles. The smallest absolute Gasteiger partial charge is 0.474 e. The van der Waals surface area contributed by atoms with E-state index >= 15 is 0 Å². The molecule has 2 N–H and O–H groups in total. The van der Waals surface area contributed by atoms with Gasteiger partial charge in [-0.3, -0.25) is 0 Å². The van der Waals surface area contributed by atoms with Crippen LogP contribution in [0.5, 0.6) is 5.88 Å². The van der Waals surface area contributed by atoms with E-state index in [1.165, 1.54) is 6.07 Å². The topological polar surface area (TPSA) is 62.6 Å². The molecular weight excluding hydrogens is 200 g/mol. The molecule has 6 heteroatoms. The first-order valence-corrected chi connectivity index (χ1v) is 4.85. The highest BCUT2D eigenvalue weighted by molar-refractivity contribution is 6.58. The summed E-state index contributed by atoms with van der Waals surface area (Å²) < 4.78 is 18.4. The van der Waals surface area contributed by atoms with E-state index in [-0.39, 0.29) is 17.4 Å². The molecule has 1 aliphatic carbocycles. The number of aromatic nitrogens is 1. The van der Waals surface area contributed by atoms with E-state index in [9.17, 15) is 4.39 Å². The quantitative estimate of drug-likeness (QED) is 0.681. The fourth-order valence-corrected chi connectivity index (χ4v) is 1.36. The van der Waals surface area contributed by atoms with Crippen LogP contribution < -0.4 is 10.2 Å². The minimum atomic E-state index is -1.84. The standard InChI is InChI=1S/C9H11BFNO3/c11-8-5-12-9(4-7(8)10(13)14)15-6-2-1-3-6/h4-6,13-14H,1-3H2. The highest BCUT2D eigenvalue weighted by Gasteiger charge is 2.22. The molecule has 15 heavy (non-hydrogen) atoms. The second-order valence-corrected chi connectivity index (χ2v) is 3.59. The molecule has 0 amide bonds. The maximum atomic E-state index is 13.0. The van der Waals surface area contributed by atoms with Gasteiger partial charge in [0.05, 0.1) is 6.20 Å². The Morgan fingerprint density at radius 3 is 2.73 bits per heavy atom. The van der Waals surface area contributed by atoms with Gasteiger partial charge in [-0.25, -0.2) is 9.37 Å². The molecule has 1 aromatic rings. The summed E-state index contributed by atoms with van der Waals surface area (Å²) in [4.78, 5) is 3.72. The predicted molar refractivity (Wildman–Crippen MR) is 52.3 cm³/mol. The molecule has 1 aliphatic rings. The Labute approximate surface area is 86.9 Å². The highest BCUT2D eigenvalue weighted by atomic mass is 19.1. The first kappa shape index (κ1) is 10.4. The lowest BCUT2D eigenvalue weighted by molar-refractivity contribution is 0.114. The van der Waals surface area contributed by atoms with Gasteiger partial charge in [-0.05, 0) is 19.3 Å². The lowest BCUT2D eigenvalue weighted by Crippen LogP contribution is -2.34. The molecule has 0 spiro atoms. The van der Waals surface area contributed by atoms with E-state index in [0.29, 0.717) is 0 Å². The molecule has 0 bridgehead atoms. The van der Waals surface area contributed by atoms with Crippen molar-refractivity contribution in [1.29, 1.82) is 0 Å². The van der Waals surface area contributed by atoms with Crippen molar-refractivity contribution < 1.29 is 19.2 Å². The Balaban J connectivity index is 2.14. The monoisotopic (exact) mass is 211 g/mol. The minimum absolute atomic E-state index is 0.131. The van der Waals surface area contributed by atoms with Crippen LogP contribution in [0, 0.1) is 5.82 Å². The first-order chi connectivity index (χ1) is 7.16. The SMILES string of the molecule is OB(O)c1cc(OC2CCC2)ncc1F. The minimum Gasteiger partial charge on any atom is -0.474 e. The van der Waals surface area contributed by atoms with E-state index in [4.69, 9.17) is 14.8 Å². The van der Waals surface area contributed by atoms with E-state index in [1.54, 1.807) is 0 Å². The van der Waals surface area contributed by atoms with Gasteiger partial charge in [-0.2, -0.15) is 0 Å². The van der Waals surface area contributed by atoms with Crippen molar-refractivity contribution in [3.63, 3.8) is 0 Å². The van der Waals surface area contributed by atoms with E-state index in [2.05, 4.69) is 4.98 Å². The predicted octanol–water partition coefficient (Wildman–Crippen LogP) is -0.168. The number of nitrogens with zero attached hydrogens (tertiary/aromatic N) is 1. The number of rotatable bonds is 3. The van der Waals surface area contributed by atoms with Crippen LogP contribution in [0.4, 0.5) is 4.39 Å². The van der Waals surface area contributed by atoms with Crippen LogP contribution in [0.15, 0.2) is 12.3 Å². The summed E-state index contributed by atoms with van der Waals surface area (Å²) in [6, 6.07) is 1.22. The molecule has 80 valence electrons. The van der Waals surface area contributed by atoms with Gasteiger partial charge in [0.25, 0.3) is 0 Å². The van der Waals surface area contributed by atoms with Crippen molar-refractivity contribution in [2.45, 2.75) is 25.4 Å². The second-order valence-electron chi connectivity index (χ2n) is 3.59. The van der Waals surface area contributed by atoms with Crippen LogP contribution in [0.3, 0.4) is 0 Å². The van der Waals surface area contributed by atoms with Crippen LogP contribution in [-0.4, -0.2) is 28.3 Å². The van der Waals surface area contributed by atoms with Gasteiger partial charge >= 0.3 is 7.12 Å². The van der Waals surface area contributed by atoms with E-state index in [0.717, 1.165) is 25.5 Å². The van der Waals surface area contributed by atoms with Gasteiger partial charge < -0.3 is 14.8 Å². The maximum absolute atomic E-state index is 13.0. The summed E-state index contributed by atoms with van der Waals surface area (Å²) in [6.45, 7) is 0. The first-order valence-electron chi connectivity index (χ1n) is 4.85. The normalized spacial score (nSPS) is 15.9. The van der Waals surface area contributed by atoms with E-state index < -0.39 is 12.9 Å². The van der Waals surface area contributed by atoms with Gasteiger partial charge in [0.15, 0.2) is 0 Å². The number of ether oxygens (including phenoxy) is 1. The fraction of sp³-hybridized carbons (Fsp3) is 0.444. The largest absolute Gasteiger partial charge is 0.491 e. The van der Waals surface area contributed by atoms with Crippen LogP contribution in [0.2, 0.25) is 0 Å². The number of halogens is 1. The molecule has 1 aromatic heterocycles. The molecule has 0 atom stereocenters. The third kappa shape index (κ3) is 2.27. The third-order valence-electron chi connectivity index (χ3n) is 2.48. The zero-order chi connectivity index (χ0) is 10.8. The Kier molecular flexibility index (Phi) is 2.88. The van der Waals surface area contributed by atoms with Crippen LogP contribution in [0.25, 0.3) is 0 Å². The molecular formula is C9H11BFNO3. The van der Waals surface area contributed by atoms with E-state index in [1.807, 2.05) is 0 Å². The van der Waals surface area contributed by atoms with Crippen LogP contribution in [0.1, 0.15) is 19.3 Å². The van der Waals surface area contributed by atoms with Crippen molar-refractivity contribution >= 4 is 12.6 Å². The van der Waals surface area contributed by atoms with Gasteiger partial charge in [-0.1, -0.05) is 0 Å².